The van der Waals surface area contributed by atoms with Crippen molar-refractivity contribution >= 4 is 11.3 Å². The molecular formula is C16H21NO3S. The van der Waals surface area contributed by atoms with E-state index >= 15 is 0 Å². The van der Waals surface area contributed by atoms with Gasteiger partial charge in [-0.15, -0.1) is 11.3 Å². The smallest absolute Gasteiger partial charge is 0.160 e. The number of hydrogen-bond donors (Lipinski definition) is 2. The Hall–Kier alpha value is -1.56. The van der Waals surface area contributed by atoms with E-state index in [1.165, 1.54) is 0 Å². The van der Waals surface area contributed by atoms with Crippen molar-refractivity contribution in [3.8, 4) is 11.5 Å². The van der Waals surface area contributed by atoms with Gasteiger partial charge in [-0.3, -0.25) is 0 Å². The molecule has 0 aliphatic rings. The molecule has 1 aromatic heterocycles. The zero-order valence-electron chi connectivity index (χ0n) is 12.5. The van der Waals surface area contributed by atoms with Crippen LogP contribution in [-0.4, -0.2) is 25.9 Å². The van der Waals surface area contributed by atoms with Gasteiger partial charge in [0.05, 0.1) is 20.3 Å². The van der Waals surface area contributed by atoms with Crippen molar-refractivity contribution in [1.82, 2.24) is 0 Å². The third kappa shape index (κ3) is 3.20. The Morgan fingerprint density at radius 3 is 2.43 bits per heavy atom. The Morgan fingerprint density at radius 1 is 1.19 bits per heavy atom. The van der Waals surface area contributed by atoms with Gasteiger partial charge in [-0.1, -0.05) is 6.07 Å². The SMILES string of the molecule is COc1ccc(C(CN)C(O)c2sccc2C)cc1OC. The van der Waals surface area contributed by atoms with Gasteiger partial charge in [0.2, 0.25) is 0 Å². The number of methoxy groups -OCH3 is 2. The summed E-state index contributed by atoms with van der Waals surface area (Å²) < 4.78 is 10.6. The number of nitrogens with two attached hydrogens (primary N) is 1. The normalized spacial score (nSPS) is 13.8. The average Bonchev–Trinajstić information content (AvgIpc) is 2.93. The van der Waals surface area contributed by atoms with Crippen molar-refractivity contribution in [3.05, 3.63) is 45.6 Å². The third-order valence-corrected chi connectivity index (χ3v) is 4.73. The molecule has 0 aliphatic heterocycles. The highest BCUT2D eigenvalue weighted by Gasteiger charge is 2.24. The quantitative estimate of drug-likeness (QED) is 0.861. The van der Waals surface area contributed by atoms with E-state index in [1.807, 2.05) is 36.6 Å². The van der Waals surface area contributed by atoms with Crippen LogP contribution in [0, 0.1) is 6.92 Å². The first-order valence-corrected chi connectivity index (χ1v) is 7.64. The predicted molar refractivity (Wildman–Crippen MR) is 85.4 cm³/mol. The average molecular weight is 307 g/mol. The Balaban J connectivity index is 2.35. The predicted octanol–water partition coefficient (Wildman–Crippen LogP) is 2.85. The molecule has 0 spiro atoms. The van der Waals surface area contributed by atoms with E-state index in [-0.39, 0.29) is 5.92 Å². The van der Waals surface area contributed by atoms with E-state index in [1.54, 1.807) is 25.6 Å². The second-order valence-corrected chi connectivity index (χ2v) is 5.82. The molecule has 0 radical (unpaired) electrons. The molecule has 0 aliphatic carbocycles. The van der Waals surface area contributed by atoms with Gasteiger partial charge in [-0.25, -0.2) is 0 Å². The topological polar surface area (TPSA) is 64.7 Å². The summed E-state index contributed by atoms with van der Waals surface area (Å²) in [5, 5.41) is 12.6. The number of aliphatic hydroxyl groups excluding tert-OH is 1. The number of rotatable bonds is 6. The van der Waals surface area contributed by atoms with E-state index in [0.717, 1.165) is 16.0 Å². The van der Waals surface area contributed by atoms with Crippen LogP contribution in [0.15, 0.2) is 29.6 Å². The molecule has 2 rings (SSSR count). The first-order valence-electron chi connectivity index (χ1n) is 6.76. The summed E-state index contributed by atoms with van der Waals surface area (Å²) in [5.74, 6) is 1.13. The van der Waals surface area contributed by atoms with Gasteiger partial charge >= 0.3 is 0 Å². The van der Waals surface area contributed by atoms with Crippen LogP contribution in [0.25, 0.3) is 0 Å². The number of hydrogen-bond acceptors (Lipinski definition) is 5. The molecule has 0 bridgehead atoms. The van der Waals surface area contributed by atoms with Crippen molar-refractivity contribution in [2.45, 2.75) is 18.9 Å². The fourth-order valence-corrected chi connectivity index (χ4v) is 3.38. The number of benzene rings is 1. The summed E-state index contributed by atoms with van der Waals surface area (Å²) in [6.45, 7) is 2.35. The van der Waals surface area contributed by atoms with Gasteiger partial charge in [-0.2, -0.15) is 0 Å². The van der Waals surface area contributed by atoms with Gasteiger partial charge < -0.3 is 20.3 Å². The summed E-state index contributed by atoms with van der Waals surface area (Å²) >= 11 is 1.55. The van der Waals surface area contributed by atoms with E-state index in [4.69, 9.17) is 15.2 Å². The maximum Gasteiger partial charge on any atom is 0.160 e. The summed E-state index contributed by atoms with van der Waals surface area (Å²) in [5.41, 5.74) is 7.93. The molecule has 2 unspecified atom stereocenters. The van der Waals surface area contributed by atoms with Crippen LogP contribution < -0.4 is 15.2 Å². The van der Waals surface area contributed by atoms with Crippen molar-refractivity contribution < 1.29 is 14.6 Å². The summed E-state index contributed by atoms with van der Waals surface area (Å²) in [4.78, 5) is 0.959. The standard InChI is InChI=1S/C16H21NO3S/c1-10-6-7-21-16(10)15(18)12(9-17)11-4-5-13(19-2)14(8-11)20-3/h4-8,12,15,18H,9,17H2,1-3H3. The lowest BCUT2D eigenvalue weighted by molar-refractivity contribution is 0.150. The van der Waals surface area contributed by atoms with Gasteiger partial charge in [0.1, 0.15) is 0 Å². The molecule has 2 atom stereocenters. The molecule has 1 heterocycles. The molecule has 21 heavy (non-hydrogen) atoms. The number of aliphatic hydroxyl groups is 1. The maximum atomic E-state index is 10.7. The molecule has 2 aromatic rings. The molecule has 0 amide bonds. The molecule has 5 heteroatoms. The molecule has 0 saturated heterocycles. The number of thiophene rings is 1. The molecule has 4 nitrogen and oxygen atoms in total. The zero-order valence-corrected chi connectivity index (χ0v) is 13.3. The second kappa shape index (κ2) is 6.93. The lowest BCUT2D eigenvalue weighted by Gasteiger charge is -2.22. The minimum absolute atomic E-state index is 0.179. The highest BCUT2D eigenvalue weighted by molar-refractivity contribution is 7.10. The minimum atomic E-state index is -0.617. The molecular weight excluding hydrogens is 286 g/mol. The Morgan fingerprint density at radius 2 is 1.90 bits per heavy atom. The van der Waals surface area contributed by atoms with Crippen LogP contribution >= 0.6 is 11.3 Å². The largest absolute Gasteiger partial charge is 0.493 e. The second-order valence-electron chi connectivity index (χ2n) is 4.87. The van der Waals surface area contributed by atoms with E-state index in [9.17, 15) is 5.11 Å². The van der Waals surface area contributed by atoms with Gasteiger partial charge in [-0.05, 0) is 41.6 Å². The van der Waals surface area contributed by atoms with E-state index < -0.39 is 6.10 Å². The van der Waals surface area contributed by atoms with Crippen molar-refractivity contribution in [1.29, 1.82) is 0 Å². The first-order chi connectivity index (χ1) is 10.1. The van der Waals surface area contributed by atoms with Crippen molar-refractivity contribution in [2.75, 3.05) is 20.8 Å². The Kier molecular flexibility index (Phi) is 5.22. The van der Waals surface area contributed by atoms with E-state index in [0.29, 0.717) is 18.0 Å². The summed E-state index contributed by atoms with van der Waals surface area (Å²) in [7, 11) is 3.20. The molecule has 0 saturated carbocycles. The maximum absolute atomic E-state index is 10.7. The lowest BCUT2D eigenvalue weighted by Crippen LogP contribution is -2.20. The summed E-state index contributed by atoms with van der Waals surface area (Å²) in [6.07, 6.45) is -0.617. The molecule has 1 aromatic carbocycles. The van der Waals surface area contributed by atoms with Crippen LogP contribution in [0.5, 0.6) is 11.5 Å². The molecule has 0 fully saturated rings. The highest BCUT2D eigenvalue weighted by Crippen LogP contribution is 2.38. The van der Waals surface area contributed by atoms with Crippen LogP contribution in [-0.2, 0) is 0 Å². The zero-order chi connectivity index (χ0) is 15.4. The van der Waals surface area contributed by atoms with Crippen LogP contribution in [0.4, 0.5) is 0 Å². The van der Waals surface area contributed by atoms with E-state index in [2.05, 4.69) is 0 Å². The van der Waals surface area contributed by atoms with Gasteiger partial charge in [0, 0.05) is 17.3 Å². The number of ether oxygens (including phenoxy) is 2. The van der Waals surface area contributed by atoms with Gasteiger partial charge in [0.25, 0.3) is 0 Å². The fraction of sp³-hybridized carbons (Fsp3) is 0.375. The number of aryl methyl sites for hydroxylation is 1. The third-order valence-electron chi connectivity index (χ3n) is 3.64. The molecule has 114 valence electrons. The monoisotopic (exact) mass is 307 g/mol. The highest BCUT2D eigenvalue weighted by atomic mass is 32.1. The van der Waals surface area contributed by atoms with Crippen molar-refractivity contribution in [3.63, 3.8) is 0 Å². The van der Waals surface area contributed by atoms with Crippen LogP contribution in [0.1, 0.15) is 28.0 Å². The van der Waals surface area contributed by atoms with Gasteiger partial charge in [0.15, 0.2) is 11.5 Å². The fourth-order valence-electron chi connectivity index (χ4n) is 2.40. The molecule has 3 N–H and O–H groups in total. The Bertz CT molecular complexity index is 597. The van der Waals surface area contributed by atoms with Crippen LogP contribution in [0.3, 0.4) is 0 Å². The Labute approximate surface area is 129 Å². The minimum Gasteiger partial charge on any atom is -0.493 e. The van der Waals surface area contributed by atoms with Crippen molar-refractivity contribution in [2.24, 2.45) is 5.73 Å². The van der Waals surface area contributed by atoms with Crippen LogP contribution in [0.2, 0.25) is 0 Å². The summed E-state index contributed by atoms with van der Waals surface area (Å²) in [6, 6.07) is 7.64. The first kappa shape index (κ1) is 15.8. The lowest BCUT2D eigenvalue weighted by atomic mass is 9.91.